The number of amides is 2. The van der Waals surface area contributed by atoms with E-state index in [-0.39, 0.29) is 12.1 Å². The highest BCUT2D eigenvalue weighted by atomic mass is 35.5. The molecule has 0 spiro atoms. The highest BCUT2D eigenvalue weighted by Crippen LogP contribution is 2.21. The number of nitrogens with zero attached hydrogens (tertiary/aromatic N) is 1. The number of nitrogens with one attached hydrogen (secondary N) is 1. The van der Waals surface area contributed by atoms with Gasteiger partial charge < -0.3 is 15.0 Å². The van der Waals surface area contributed by atoms with Crippen molar-refractivity contribution in [2.24, 2.45) is 0 Å². The van der Waals surface area contributed by atoms with E-state index in [1.807, 2.05) is 19.1 Å². The van der Waals surface area contributed by atoms with Gasteiger partial charge in [0.05, 0.1) is 30.1 Å². The van der Waals surface area contributed by atoms with E-state index in [9.17, 15) is 4.79 Å². The van der Waals surface area contributed by atoms with Crippen LogP contribution >= 0.6 is 22.9 Å². The van der Waals surface area contributed by atoms with Crippen molar-refractivity contribution in [3.05, 3.63) is 21.3 Å². The summed E-state index contributed by atoms with van der Waals surface area (Å²) >= 11 is 7.31. The second-order valence-corrected chi connectivity index (χ2v) is 5.78. The number of morpholine rings is 1. The maximum Gasteiger partial charge on any atom is 0.318 e. The summed E-state index contributed by atoms with van der Waals surface area (Å²) in [6.45, 7) is 4.39. The summed E-state index contributed by atoms with van der Waals surface area (Å²) in [6, 6.07) is 3.86. The van der Waals surface area contributed by atoms with E-state index in [1.165, 1.54) is 11.3 Å². The summed E-state index contributed by atoms with van der Waals surface area (Å²) in [4.78, 5) is 14.8. The van der Waals surface area contributed by atoms with E-state index < -0.39 is 0 Å². The van der Waals surface area contributed by atoms with Gasteiger partial charge >= 0.3 is 6.03 Å². The van der Waals surface area contributed by atoms with Crippen molar-refractivity contribution in [2.75, 3.05) is 19.8 Å². The Morgan fingerprint density at radius 2 is 2.53 bits per heavy atom. The summed E-state index contributed by atoms with van der Waals surface area (Å²) in [7, 11) is 0. The first-order chi connectivity index (χ1) is 8.16. The van der Waals surface area contributed by atoms with E-state index in [0.717, 1.165) is 9.21 Å². The third-order valence-electron chi connectivity index (χ3n) is 2.67. The molecule has 0 radical (unpaired) electrons. The zero-order chi connectivity index (χ0) is 12.3. The number of carbonyl (C=O) groups is 1. The van der Waals surface area contributed by atoms with Crippen LogP contribution in [0.4, 0.5) is 4.79 Å². The first-order valence-electron chi connectivity index (χ1n) is 5.53. The van der Waals surface area contributed by atoms with Crippen LogP contribution in [0.5, 0.6) is 0 Å². The maximum atomic E-state index is 11.9. The quantitative estimate of drug-likeness (QED) is 0.899. The molecule has 1 saturated heterocycles. The van der Waals surface area contributed by atoms with Crippen molar-refractivity contribution < 1.29 is 9.53 Å². The van der Waals surface area contributed by atoms with Crippen molar-refractivity contribution in [3.63, 3.8) is 0 Å². The largest absolute Gasteiger partial charge is 0.377 e. The molecule has 1 fully saturated rings. The number of hydrogen-bond donors (Lipinski definition) is 1. The summed E-state index contributed by atoms with van der Waals surface area (Å²) in [5.41, 5.74) is 0. The zero-order valence-electron chi connectivity index (χ0n) is 9.61. The molecule has 2 amide bonds. The molecule has 2 rings (SSSR count). The molecule has 1 atom stereocenters. The van der Waals surface area contributed by atoms with E-state index in [4.69, 9.17) is 16.3 Å². The average molecular weight is 275 g/mol. The second kappa shape index (κ2) is 5.71. The van der Waals surface area contributed by atoms with Crippen molar-refractivity contribution >= 4 is 29.0 Å². The molecule has 0 aromatic carbocycles. The Morgan fingerprint density at radius 1 is 1.71 bits per heavy atom. The molecule has 1 N–H and O–H groups in total. The lowest BCUT2D eigenvalue weighted by Gasteiger charge is -2.33. The molecule has 1 aliphatic rings. The van der Waals surface area contributed by atoms with Gasteiger partial charge in [-0.3, -0.25) is 0 Å². The number of rotatable bonds is 2. The topological polar surface area (TPSA) is 41.6 Å². The van der Waals surface area contributed by atoms with Crippen LogP contribution in [0, 0.1) is 0 Å². The van der Waals surface area contributed by atoms with Gasteiger partial charge in [-0.15, -0.1) is 11.3 Å². The number of carbonyl (C=O) groups excluding carboxylic acids is 1. The lowest BCUT2D eigenvalue weighted by molar-refractivity contribution is 0.0190. The van der Waals surface area contributed by atoms with Crippen LogP contribution in [0.2, 0.25) is 4.34 Å². The van der Waals surface area contributed by atoms with Gasteiger partial charge in [-0.05, 0) is 19.1 Å². The minimum absolute atomic E-state index is 0.0367. The first-order valence-corrected chi connectivity index (χ1v) is 6.72. The summed E-state index contributed by atoms with van der Waals surface area (Å²) < 4.78 is 6.04. The first kappa shape index (κ1) is 12.7. The standard InChI is InChI=1S/C11H15ClN2O2S/c1-8-7-16-5-4-14(8)11(15)13-6-9-2-3-10(12)17-9/h2-3,8H,4-7H2,1H3,(H,13,15)/t8-/m0/s1. The normalized spacial score (nSPS) is 20.4. The molecule has 1 aromatic rings. The molecule has 0 aliphatic carbocycles. The molecule has 4 nitrogen and oxygen atoms in total. The maximum absolute atomic E-state index is 11.9. The van der Waals surface area contributed by atoms with Crippen LogP contribution in [-0.2, 0) is 11.3 Å². The fraction of sp³-hybridized carbons (Fsp3) is 0.545. The van der Waals surface area contributed by atoms with Gasteiger partial charge in [0.25, 0.3) is 0 Å². The van der Waals surface area contributed by atoms with Crippen LogP contribution in [0.15, 0.2) is 12.1 Å². The lowest BCUT2D eigenvalue weighted by Crippen LogP contribution is -2.51. The van der Waals surface area contributed by atoms with E-state index in [0.29, 0.717) is 26.3 Å². The molecule has 17 heavy (non-hydrogen) atoms. The van der Waals surface area contributed by atoms with Gasteiger partial charge in [0, 0.05) is 11.4 Å². The zero-order valence-corrected chi connectivity index (χ0v) is 11.2. The predicted octanol–water partition coefficient (Wildman–Crippen LogP) is 2.33. The number of halogens is 1. The van der Waals surface area contributed by atoms with Gasteiger partial charge in [-0.25, -0.2) is 4.79 Å². The molecule has 6 heteroatoms. The Morgan fingerprint density at radius 3 is 3.18 bits per heavy atom. The number of thiophene rings is 1. The van der Waals surface area contributed by atoms with Crippen LogP contribution < -0.4 is 5.32 Å². The molecule has 0 saturated carbocycles. The van der Waals surface area contributed by atoms with Gasteiger partial charge in [-0.2, -0.15) is 0 Å². The molecule has 1 aromatic heterocycles. The number of urea groups is 1. The number of hydrogen-bond acceptors (Lipinski definition) is 3. The minimum Gasteiger partial charge on any atom is -0.377 e. The van der Waals surface area contributed by atoms with Crippen molar-refractivity contribution in [2.45, 2.75) is 19.5 Å². The van der Waals surface area contributed by atoms with E-state index >= 15 is 0 Å². The molecular formula is C11H15ClN2O2S. The van der Waals surface area contributed by atoms with Crippen molar-refractivity contribution in [1.29, 1.82) is 0 Å². The Labute approximate surface area is 110 Å². The van der Waals surface area contributed by atoms with Crippen molar-refractivity contribution in [1.82, 2.24) is 10.2 Å². The number of ether oxygens (including phenoxy) is 1. The monoisotopic (exact) mass is 274 g/mol. The molecule has 0 unspecified atom stereocenters. The second-order valence-electron chi connectivity index (χ2n) is 3.98. The highest BCUT2D eigenvalue weighted by Gasteiger charge is 2.23. The molecular weight excluding hydrogens is 260 g/mol. The van der Waals surface area contributed by atoms with Gasteiger partial charge in [0.15, 0.2) is 0 Å². The molecule has 0 bridgehead atoms. The fourth-order valence-electron chi connectivity index (χ4n) is 1.74. The third kappa shape index (κ3) is 3.34. The Kier molecular flexibility index (Phi) is 4.25. The van der Waals surface area contributed by atoms with Crippen LogP contribution in [0.1, 0.15) is 11.8 Å². The molecule has 1 aliphatic heterocycles. The van der Waals surface area contributed by atoms with E-state index in [1.54, 1.807) is 4.90 Å². The summed E-state index contributed by atoms with van der Waals surface area (Å²) in [5, 5.41) is 2.90. The SMILES string of the molecule is C[C@H]1COCCN1C(=O)NCc1ccc(Cl)s1. The average Bonchev–Trinajstić information content (AvgIpc) is 2.73. The predicted molar refractivity (Wildman–Crippen MR) is 68.6 cm³/mol. The van der Waals surface area contributed by atoms with Crippen LogP contribution in [-0.4, -0.2) is 36.7 Å². The summed E-state index contributed by atoms with van der Waals surface area (Å²) in [5.74, 6) is 0. The van der Waals surface area contributed by atoms with Crippen molar-refractivity contribution in [3.8, 4) is 0 Å². The van der Waals surface area contributed by atoms with Gasteiger partial charge in [0.2, 0.25) is 0 Å². The smallest absolute Gasteiger partial charge is 0.318 e. The van der Waals surface area contributed by atoms with Crippen LogP contribution in [0.25, 0.3) is 0 Å². The summed E-state index contributed by atoms with van der Waals surface area (Å²) in [6.07, 6.45) is 0. The fourth-order valence-corrected chi connectivity index (χ4v) is 2.77. The Bertz CT molecular complexity index is 397. The minimum atomic E-state index is -0.0367. The third-order valence-corrected chi connectivity index (χ3v) is 3.90. The van der Waals surface area contributed by atoms with Gasteiger partial charge in [-0.1, -0.05) is 11.6 Å². The molecule has 2 heterocycles. The Hall–Kier alpha value is -0.780. The van der Waals surface area contributed by atoms with Gasteiger partial charge in [0.1, 0.15) is 0 Å². The highest BCUT2D eigenvalue weighted by molar-refractivity contribution is 7.16. The lowest BCUT2D eigenvalue weighted by atomic mass is 10.3. The Balaban J connectivity index is 1.84. The van der Waals surface area contributed by atoms with E-state index in [2.05, 4.69) is 5.32 Å². The van der Waals surface area contributed by atoms with Crippen LogP contribution in [0.3, 0.4) is 0 Å². The molecule has 94 valence electrons.